The summed E-state index contributed by atoms with van der Waals surface area (Å²) in [5.74, 6) is 0.364. The van der Waals surface area contributed by atoms with E-state index in [1.165, 1.54) is 0 Å². The SMILES string of the molecule is CCC(=O)Oc1ccc(C(=O)C(C)CC)cc1. The molecule has 0 aliphatic heterocycles. The summed E-state index contributed by atoms with van der Waals surface area (Å²) in [6, 6.07) is 6.71. The highest BCUT2D eigenvalue weighted by Gasteiger charge is 2.13. The van der Waals surface area contributed by atoms with Gasteiger partial charge in [0.2, 0.25) is 0 Å². The van der Waals surface area contributed by atoms with Crippen molar-refractivity contribution in [2.75, 3.05) is 0 Å². The average Bonchev–Trinajstić information content (AvgIpc) is 2.37. The summed E-state index contributed by atoms with van der Waals surface area (Å²) in [7, 11) is 0. The van der Waals surface area contributed by atoms with Gasteiger partial charge in [-0.25, -0.2) is 0 Å². The van der Waals surface area contributed by atoms with Crippen LogP contribution in [0.1, 0.15) is 44.0 Å². The minimum absolute atomic E-state index is 0.0269. The van der Waals surface area contributed by atoms with Crippen molar-refractivity contribution in [1.29, 1.82) is 0 Å². The fourth-order valence-electron chi connectivity index (χ4n) is 1.36. The number of esters is 1. The summed E-state index contributed by atoms with van der Waals surface area (Å²) in [6.45, 7) is 5.64. The molecule has 0 fully saturated rings. The molecule has 3 nitrogen and oxygen atoms in total. The fraction of sp³-hybridized carbons (Fsp3) is 0.429. The van der Waals surface area contributed by atoms with E-state index in [9.17, 15) is 9.59 Å². The van der Waals surface area contributed by atoms with E-state index in [1.807, 2.05) is 13.8 Å². The molecular weight excluding hydrogens is 216 g/mol. The Morgan fingerprint density at radius 1 is 1.18 bits per heavy atom. The molecule has 0 saturated carbocycles. The van der Waals surface area contributed by atoms with E-state index in [-0.39, 0.29) is 17.7 Å². The van der Waals surface area contributed by atoms with Crippen LogP contribution < -0.4 is 4.74 Å². The third-order valence-corrected chi connectivity index (χ3v) is 2.72. The van der Waals surface area contributed by atoms with E-state index in [4.69, 9.17) is 4.74 Å². The molecule has 0 N–H and O–H groups in total. The number of carbonyl (C=O) groups is 2. The van der Waals surface area contributed by atoms with E-state index in [0.717, 1.165) is 6.42 Å². The highest BCUT2D eigenvalue weighted by molar-refractivity contribution is 5.97. The third kappa shape index (κ3) is 3.70. The zero-order chi connectivity index (χ0) is 12.8. The van der Waals surface area contributed by atoms with E-state index in [2.05, 4.69) is 0 Å². The van der Waals surface area contributed by atoms with Crippen LogP contribution >= 0.6 is 0 Å². The Balaban J connectivity index is 2.74. The molecule has 1 rings (SSSR count). The molecule has 17 heavy (non-hydrogen) atoms. The quantitative estimate of drug-likeness (QED) is 0.446. The number of hydrogen-bond acceptors (Lipinski definition) is 3. The van der Waals surface area contributed by atoms with Crippen LogP contribution in [0, 0.1) is 5.92 Å². The zero-order valence-corrected chi connectivity index (χ0v) is 10.5. The number of hydrogen-bond donors (Lipinski definition) is 0. The first kappa shape index (κ1) is 13.4. The third-order valence-electron chi connectivity index (χ3n) is 2.72. The first-order valence-electron chi connectivity index (χ1n) is 5.93. The number of rotatable bonds is 5. The second-order valence-electron chi connectivity index (χ2n) is 4.03. The van der Waals surface area contributed by atoms with Crippen LogP contribution in [0.5, 0.6) is 5.75 Å². The van der Waals surface area contributed by atoms with Gasteiger partial charge in [-0.15, -0.1) is 0 Å². The highest BCUT2D eigenvalue weighted by Crippen LogP contribution is 2.16. The van der Waals surface area contributed by atoms with Gasteiger partial charge in [-0.05, 0) is 30.7 Å². The molecule has 92 valence electrons. The predicted octanol–water partition coefficient (Wildman–Crippen LogP) is 3.23. The van der Waals surface area contributed by atoms with Crippen LogP contribution in [0.25, 0.3) is 0 Å². The number of carbonyl (C=O) groups excluding carboxylic acids is 2. The van der Waals surface area contributed by atoms with Crippen molar-refractivity contribution in [2.45, 2.75) is 33.6 Å². The van der Waals surface area contributed by atoms with Crippen molar-refractivity contribution in [3.05, 3.63) is 29.8 Å². The first-order chi connectivity index (χ1) is 8.08. The van der Waals surface area contributed by atoms with Gasteiger partial charge in [0.1, 0.15) is 5.75 Å². The molecule has 0 amide bonds. The molecule has 0 saturated heterocycles. The van der Waals surface area contributed by atoms with Crippen LogP contribution in [0.3, 0.4) is 0 Å². The minimum Gasteiger partial charge on any atom is -0.427 e. The van der Waals surface area contributed by atoms with Gasteiger partial charge in [0.05, 0.1) is 0 Å². The molecule has 3 heteroatoms. The lowest BCUT2D eigenvalue weighted by Crippen LogP contribution is -2.10. The molecule has 0 radical (unpaired) electrons. The number of ketones is 1. The Morgan fingerprint density at radius 2 is 1.76 bits per heavy atom. The van der Waals surface area contributed by atoms with Crippen molar-refractivity contribution in [2.24, 2.45) is 5.92 Å². The Kier molecular flexibility index (Phi) is 4.88. The van der Waals surface area contributed by atoms with Gasteiger partial charge in [-0.1, -0.05) is 20.8 Å². The highest BCUT2D eigenvalue weighted by atomic mass is 16.5. The summed E-state index contributed by atoms with van der Waals surface area (Å²) in [6.07, 6.45) is 1.17. The second kappa shape index (κ2) is 6.18. The number of Topliss-reactive ketones (excluding diaryl/α,β-unsaturated/α-hetero) is 1. The normalized spacial score (nSPS) is 11.9. The zero-order valence-electron chi connectivity index (χ0n) is 10.5. The Hall–Kier alpha value is -1.64. The lowest BCUT2D eigenvalue weighted by molar-refractivity contribution is -0.134. The van der Waals surface area contributed by atoms with E-state index < -0.39 is 0 Å². The number of ether oxygens (including phenoxy) is 1. The van der Waals surface area contributed by atoms with Crippen LogP contribution in [0.2, 0.25) is 0 Å². The molecule has 0 bridgehead atoms. The second-order valence-corrected chi connectivity index (χ2v) is 4.03. The summed E-state index contributed by atoms with van der Waals surface area (Å²) in [4.78, 5) is 22.9. The molecule has 0 aliphatic rings. The van der Waals surface area contributed by atoms with E-state index in [0.29, 0.717) is 17.7 Å². The summed E-state index contributed by atoms with van der Waals surface area (Å²) in [5, 5.41) is 0. The Labute approximate surface area is 102 Å². The monoisotopic (exact) mass is 234 g/mol. The molecule has 0 spiro atoms. The van der Waals surface area contributed by atoms with Crippen molar-refractivity contribution in [3.63, 3.8) is 0 Å². The lowest BCUT2D eigenvalue weighted by Gasteiger charge is -2.08. The Bertz CT molecular complexity index is 392. The van der Waals surface area contributed by atoms with Gasteiger partial charge in [0.25, 0.3) is 0 Å². The maximum absolute atomic E-state index is 11.9. The van der Waals surface area contributed by atoms with Crippen LogP contribution in [-0.4, -0.2) is 11.8 Å². The van der Waals surface area contributed by atoms with Gasteiger partial charge in [0, 0.05) is 17.9 Å². The maximum Gasteiger partial charge on any atom is 0.310 e. The maximum atomic E-state index is 11.9. The van der Waals surface area contributed by atoms with Crippen molar-refractivity contribution >= 4 is 11.8 Å². The Morgan fingerprint density at radius 3 is 2.24 bits per heavy atom. The lowest BCUT2D eigenvalue weighted by atomic mass is 9.97. The predicted molar refractivity (Wildman–Crippen MR) is 66.2 cm³/mol. The smallest absolute Gasteiger partial charge is 0.310 e. The number of benzene rings is 1. The van der Waals surface area contributed by atoms with Gasteiger partial charge >= 0.3 is 5.97 Å². The summed E-state index contributed by atoms with van der Waals surface area (Å²) < 4.78 is 5.03. The summed E-state index contributed by atoms with van der Waals surface area (Å²) >= 11 is 0. The topological polar surface area (TPSA) is 43.4 Å². The van der Waals surface area contributed by atoms with Gasteiger partial charge in [-0.3, -0.25) is 9.59 Å². The average molecular weight is 234 g/mol. The van der Waals surface area contributed by atoms with Gasteiger partial charge in [-0.2, -0.15) is 0 Å². The van der Waals surface area contributed by atoms with Gasteiger partial charge in [0.15, 0.2) is 5.78 Å². The van der Waals surface area contributed by atoms with Gasteiger partial charge < -0.3 is 4.74 Å². The molecule has 0 aromatic heterocycles. The molecule has 1 aromatic rings. The van der Waals surface area contributed by atoms with Crippen molar-refractivity contribution in [3.8, 4) is 5.75 Å². The largest absolute Gasteiger partial charge is 0.427 e. The molecule has 1 aromatic carbocycles. The van der Waals surface area contributed by atoms with Crippen LogP contribution in [0.4, 0.5) is 0 Å². The molecule has 1 unspecified atom stereocenters. The molecule has 0 aliphatic carbocycles. The van der Waals surface area contributed by atoms with Crippen molar-refractivity contribution < 1.29 is 14.3 Å². The van der Waals surface area contributed by atoms with E-state index in [1.54, 1.807) is 31.2 Å². The van der Waals surface area contributed by atoms with E-state index >= 15 is 0 Å². The first-order valence-corrected chi connectivity index (χ1v) is 5.93. The fourth-order valence-corrected chi connectivity index (χ4v) is 1.36. The molecule has 1 atom stereocenters. The van der Waals surface area contributed by atoms with Crippen molar-refractivity contribution in [1.82, 2.24) is 0 Å². The van der Waals surface area contributed by atoms with Crippen LogP contribution in [-0.2, 0) is 4.79 Å². The summed E-state index contributed by atoms with van der Waals surface area (Å²) in [5.41, 5.74) is 0.663. The molecule has 0 heterocycles. The van der Waals surface area contributed by atoms with Crippen LogP contribution in [0.15, 0.2) is 24.3 Å². The molecular formula is C14H18O3. The standard InChI is InChI=1S/C14H18O3/c1-4-10(3)14(16)11-6-8-12(9-7-11)17-13(15)5-2/h6-10H,4-5H2,1-3H3. The minimum atomic E-state index is -0.272.